The molecule has 2 atom stereocenters. The molecule has 0 aromatic carbocycles. The summed E-state index contributed by atoms with van der Waals surface area (Å²) in [4.78, 5) is 0. The van der Waals surface area contributed by atoms with Gasteiger partial charge in [-0.2, -0.15) is 5.10 Å². The third-order valence-electron chi connectivity index (χ3n) is 3.16. The Morgan fingerprint density at radius 3 is 3.12 bits per heavy atom. The van der Waals surface area contributed by atoms with Crippen molar-refractivity contribution in [1.82, 2.24) is 15.1 Å². The van der Waals surface area contributed by atoms with E-state index in [1.54, 1.807) is 0 Å². The summed E-state index contributed by atoms with van der Waals surface area (Å²) in [6.45, 7) is 7.16. The molecule has 90 valence electrons. The first kappa shape index (κ1) is 11.6. The number of hydrogen-bond donors (Lipinski definition) is 1. The monoisotopic (exact) mass is 223 g/mol. The van der Waals surface area contributed by atoms with E-state index in [1.807, 2.05) is 23.1 Å². The van der Waals surface area contributed by atoms with E-state index in [2.05, 4.69) is 24.3 Å². The van der Waals surface area contributed by atoms with Crippen LogP contribution in [0.1, 0.15) is 26.7 Å². The summed E-state index contributed by atoms with van der Waals surface area (Å²) >= 11 is 0. The van der Waals surface area contributed by atoms with Crippen molar-refractivity contribution >= 4 is 0 Å². The van der Waals surface area contributed by atoms with Crippen molar-refractivity contribution in [1.29, 1.82) is 0 Å². The van der Waals surface area contributed by atoms with E-state index in [4.69, 9.17) is 4.74 Å². The van der Waals surface area contributed by atoms with Crippen LogP contribution in [-0.4, -0.2) is 34.6 Å². The highest BCUT2D eigenvalue weighted by Gasteiger charge is 2.30. The van der Waals surface area contributed by atoms with Crippen molar-refractivity contribution in [2.24, 2.45) is 0 Å². The second-order valence-corrected chi connectivity index (χ2v) is 4.97. The Morgan fingerprint density at radius 2 is 2.50 bits per heavy atom. The molecule has 0 aliphatic carbocycles. The van der Waals surface area contributed by atoms with Crippen LogP contribution in [0.15, 0.2) is 18.5 Å². The predicted octanol–water partition coefficient (Wildman–Crippen LogP) is 1.43. The van der Waals surface area contributed by atoms with Crippen molar-refractivity contribution in [2.45, 2.75) is 44.8 Å². The van der Waals surface area contributed by atoms with Gasteiger partial charge in [0, 0.05) is 37.1 Å². The molecule has 0 amide bonds. The molecule has 2 heterocycles. The van der Waals surface area contributed by atoms with Gasteiger partial charge in [-0.25, -0.2) is 0 Å². The van der Waals surface area contributed by atoms with Crippen molar-refractivity contribution in [2.75, 3.05) is 13.2 Å². The van der Waals surface area contributed by atoms with Gasteiger partial charge in [0.25, 0.3) is 0 Å². The van der Waals surface area contributed by atoms with Gasteiger partial charge in [-0.3, -0.25) is 4.68 Å². The van der Waals surface area contributed by atoms with Gasteiger partial charge in [-0.1, -0.05) is 0 Å². The fourth-order valence-electron chi connectivity index (χ4n) is 2.21. The molecule has 1 fully saturated rings. The van der Waals surface area contributed by atoms with E-state index in [1.165, 1.54) is 0 Å². The first-order chi connectivity index (χ1) is 7.68. The molecule has 1 saturated heterocycles. The van der Waals surface area contributed by atoms with Gasteiger partial charge < -0.3 is 10.1 Å². The number of hydrogen-bond acceptors (Lipinski definition) is 3. The van der Waals surface area contributed by atoms with Gasteiger partial charge >= 0.3 is 0 Å². The van der Waals surface area contributed by atoms with E-state index in [0.717, 1.165) is 32.6 Å². The number of aromatic nitrogens is 2. The lowest BCUT2D eigenvalue weighted by Crippen LogP contribution is -2.47. The minimum atomic E-state index is 0.170. The third kappa shape index (κ3) is 3.06. The molecule has 0 saturated carbocycles. The second kappa shape index (κ2) is 4.97. The van der Waals surface area contributed by atoms with Crippen LogP contribution in [0.3, 0.4) is 0 Å². The first-order valence-electron chi connectivity index (χ1n) is 6.01. The second-order valence-electron chi connectivity index (χ2n) is 4.97. The number of aryl methyl sites for hydroxylation is 1. The fraction of sp³-hybridized carbons (Fsp3) is 0.750. The Labute approximate surface area is 97.0 Å². The normalized spacial score (nSPS) is 27.1. The van der Waals surface area contributed by atoms with E-state index >= 15 is 0 Å². The summed E-state index contributed by atoms with van der Waals surface area (Å²) in [5, 5.41) is 7.85. The zero-order valence-electron chi connectivity index (χ0n) is 10.1. The Bertz CT molecular complexity index is 304. The summed E-state index contributed by atoms with van der Waals surface area (Å²) in [5.74, 6) is 0. The molecular formula is C12H21N3O. The van der Waals surface area contributed by atoms with Gasteiger partial charge in [-0.15, -0.1) is 0 Å². The Kier molecular flexibility index (Phi) is 3.61. The highest BCUT2D eigenvalue weighted by Crippen LogP contribution is 2.18. The van der Waals surface area contributed by atoms with Gasteiger partial charge in [0.2, 0.25) is 0 Å². The molecule has 2 unspecified atom stereocenters. The summed E-state index contributed by atoms with van der Waals surface area (Å²) in [6.07, 6.45) is 6.04. The lowest BCUT2D eigenvalue weighted by molar-refractivity contribution is 0.166. The zero-order valence-corrected chi connectivity index (χ0v) is 10.1. The average molecular weight is 223 g/mol. The standard InChI is InChI=1S/C12H21N3O/c1-11(4-8-15-7-3-6-13-15)14-12(2)5-9-16-10-12/h3,6-7,11,14H,4-5,8-10H2,1-2H3. The van der Waals surface area contributed by atoms with Crippen molar-refractivity contribution in [3.8, 4) is 0 Å². The fourth-order valence-corrected chi connectivity index (χ4v) is 2.21. The molecular weight excluding hydrogens is 202 g/mol. The van der Waals surface area contributed by atoms with Crippen LogP contribution in [0.2, 0.25) is 0 Å². The lowest BCUT2D eigenvalue weighted by Gasteiger charge is -2.28. The largest absolute Gasteiger partial charge is 0.379 e. The summed E-state index contributed by atoms with van der Waals surface area (Å²) in [6, 6.07) is 2.46. The zero-order chi connectivity index (χ0) is 11.4. The van der Waals surface area contributed by atoms with Gasteiger partial charge in [0.15, 0.2) is 0 Å². The summed E-state index contributed by atoms with van der Waals surface area (Å²) < 4.78 is 7.41. The highest BCUT2D eigenvalue weighted by atomic mass is 16.5. The molecule has 16 heavy (non-hydrogen) atoms. The maximum Gasteiger partial charge on any atom is 0.0646 e. The topological polar surface area (TPSA) is 39.1 Å². The lowest BCUT2D eigenvalue weighted by atomic mass is 10.00. The number of ether oxygens (including phenoxy) is 1. The number of nitrogens with one attached hydrogen (secondary N) is 1. The van der Waals surface area contributed by atoms with Crippen molar-refractivity contribution in [3.63, 3.8) is 0 Å². The third-order valence-corrected chi connectivity index (χ3v) is 3.16. The molecule has 4 heteroatoms. The van der Waals surface area contributed by atoms with Crippen LogP contribution in [-0.2, 0) is 11.3 Å². The van der Waals surface area contributed by atoms with E-state index < -0.39 is 0 Å². The molecule has 4 nitrogen and oxygen atoms in total. The SMILES string of the molecule is CC(CCn1cccn1)NC1(C)CCOC1. The smallest absolute Gasteiger partial charge is 0.0646 e. The molecule has 1 aromatic heterocycles. The van der Waals surface area contributed by atoms with Crippen LogP contribution in [0.25, 0.3) is 0 Å². The van der Waals surface area contributed by atoms with Crippen LogP contribution in [0.5, 0.6) is 0 Å². The maximum absolute atomic E-state index is 5.43. The minimum Gasteiger partial charge on any atom is -0.379 e. The number of rotatable bonds is 5. The first-order valence-corrected chi connectivity index (χ1v) is 6.01. The van der Waals surface area contributed by atoms with Crippen LogP contribution in [0.4, 0.5) is 0 Å². The molecule has 1 aliphatic heterocycles. The van der Waals surface area contributed by atoms with Crippen molar-refractivity contribution < 1.29 is 4.74 Å². The quantitative estimate of drug-likeness (QED) is 0.820. The highest BCUT2D eigenvalue weighted by molar-refractivity contribution is 4.89. The van der Waals surface area contributed by atoms with E-state index in [0.29, 0.717) is 6.04 Å². The molecule has 2 rings (SSSR count). The molecule has 1 aliphatic rings. The van der Waals surface area contributed by atoms with Gasteiger partial charge in [0.05, 0.1) is 6.61 Å². The van der Waals surface area contributed by atoms with Crippen LogP contribution >= 0.6 is 0 Å². The molecule has 1 aromatic rings. The molecule has 0 spiro atoms. The summed E-state index contributed by atoms with van der Waals surface area (Å²) in [5.41, 5.74) is 0.170. The Hall–Kier alpha value is -0.870. The average Bonchev–Trinajstić information content (AvgIpc) is 2.86. The van der Waals surface area contributed by atoms with Gasteiger partial charge in [-0.05, 0) is 32.8 Å². The van der Waals surface area contributed by atoms with Gasteiger partial charge in [0.1, 0.15) is 0 Å². The molecule has 0 radical (unpaired) electrons. The Morgan fingerprint density at radius 1 is 1.62 bits per heavy atom. The number of nitrogens with zero attached hydrogens (tertiary/aromatic N) is 2. The summed E-state index contributed by atoms with van der Waals surface area (Å²) in [7, 11) is 0. The minimum absolute atomic E-state index is 0.170. The van der Waals surface area contributed by atoms with E-state index in [-0.39, 0.29) is 5.54 Å². The van der Waals surface area contributed by atoms with E-state index in [9.17, 15) is 0 Å². The van der Waals surface area contributed by atoms with Crippen molar-refractivity contribution in [3.05, 3.63) is 18.5 Å². The predicted molar refractivity (Wildman–Crippen MR) is 63.3 cm³/mol. The molecule has 1 N–H and O–H groups in total. The Balaban J connectivity index is 1.73. The van der Waals surface area contributed by atoms with Crippen LogP contribution in [0, 0.1) is 0 Å². The van der Waals surface area contributed by atoms with Crippen LogP contribution < -0.4 is 5.32 Å². The molecule has 0 bridgehead atoms. The maximum atomic E-state index is 5.43.